The molecule has 31 heavy (non-hydrogen) atoms. The number of carbonyl (C=O) groups is 1. The molecule has 1 atom stereocenters. The molecule has 3 heterocycles. The van der Waals surface area contributed by atoms with Crippen LogP contribution >= 0.6 is 11.6 Å². The maximum atomic E-state index is 12.7. The van der Waals surface area contributed by atoms with Crippen molar-refractivity contribution in [1.82, 2.24) is 20.4 Å². The summed E-state index contributed by atoms with van der Waals surface area (Å²) in [5.74, 6) is -0.000854. The molecule has 12 heteroatoms. The number of nitrogens with one attached hydrogen (secondary N) is 2. The van der Waals surface area contributed by atoms with E-state index in [-0.39, 0.29) is 11.3 Å². The zero-order valence-electron chi connectivity index (χ0n) is 15.9. The number of halogens is 3. The molecular formula is C19H17ClF2N6O3. The van der Waals surface area contributed by atoms with Crippen molar-refractivity contribution in [2.24, 2.45) is 0 Å². The highest BCUT2D eigenvalue weighted by atomic mass is 35.5. The van der Waals surface area contributed by atoms with E-state index in [1.165, 1.54) is 36.7 Å². The van der Waals surface area contributed by atoms with Gasteiger partial charge in [-0.05, 0) is 36.8 Å². The van der Waals surface area contributed by atoms with Gasteiger partial charge >= 0.3 is 5.57 Å². The minimum Gasteiger partial charge on any atom is -0.420 e. The molecule has 0 aliphatic carbocycles. The summed E-state index contributed by atoms with van der Waals surface area (Å²) in [6.45, 7) is 1.06. The molecule has 0 unspecified atom stereocenters. The number of H-pyrrole nitrogens is 1. The third-order valence-corrected chi connectivity index (χ3v) is 4.72. The summed E-state index contributed by atoms with van der Waals surface area (Å²) in [4.78, 5) is 19.1. The van der Waals surface area contributed by atoms with E-state index in [1.807, 2.05) is 4.90 Å². The number of carbonyl (C=O) groups excluding carboxylic acids is 1. The molecule has 1 aromatic carbocycles. The van der Waals surface area contributed by atoms with Crippen LogP contribution in [-0.2, 0) is 0 Å². The zero-order chi connectivity index (χ0) is 22.0. The second-order valence-corrected chi connectivity index (χ2v) is 7.32. The average molecular weight is 451 g/mol. The number of anilines is 2. The predicted molar refractivity (Wildman–Crippen MR) is 108 cm³/mol. The number of hydrogen-bond acceptors (Lipinski definition) is 7. The van der Waals surface area contributed by atoms with Gasteiger partial charge in [0.1, 0.15) is 11.6 Å². The monoisotopic (exact) mass is 450 g/mol. The molecule has 0 radical (unpaired) electrons. The van der Waals surface area contributed by atoms with Crippen LogP contribution in [0.2, 0.25) is 0 Å². The van der Waals surface area contributed by atoms with Crippen molar-refractivity contribution < 1.29 is 23.4 Å². The van der Waals surface area contributed by atoms with E-state index in [0.29, 0.717) is 42.3 Å². The molecule has 0 saturated carbocycles. The number of aliphatic hydroxyl groups is 1. The van der Waals surface area contributed by atoms with Gasteiger partial charge in [0.05, 0.1) is 23.6 Å². The minimum atomic E-state index is -3.82. The molecular weight excluding hydrogens is 434 g/mol. The summed E-state index contributed by atoms with van der Waals surface area (Å²) >= 11 is 4.74. The highest BCUT2D eigenvalue weighted by Crippen LogP contribution is 2.31. The van der Waals surface area contributed by atoms with Gasteiger partial charge in [0.2, 0.25) is 0 Å². The summed E-state index contributed by atoms with van der Waals surface area (Å²) in [5.41, 5.74) is -2.00. The maximum absolute atomic E-state index is 12.7. The van der Waals surface area contributed by atoms with Crippen LogP contribution in [0.4, 0.5) is 20.3 Å². The molecule has 3 aromatic rings. The van der Waals surface area contributed by atoms with Crippen LogP contribution in [0.5, 0.6) is 5.75 Å². The van der Waals surface area contributed by atoms with Gasteiger partial charge in [-0.1, -0.05) is 5.21 Å². The van der Waals surface area contributed by atoms with Gasteiger partial charge in [0, 0.05) is 42.1 Å². The first-order valence-corrected chi connectivity index (χ1v) is 9.63. The number of aromatic amines is 1. The number of rotatable bonds is 6. The van der Waals surface area contributed by atoms with Gasteiger partial charge in [-0.15, -0.1) is 13.9 Å². The molecule has 1 amide bonds. The summed E-state index contributed by atoms with van der Waals surface area (Å²) in [5, 5.41) is 22.8. The Morgan fingerprint density at radius 2 is 2.10 bits per heavy atom. The second-order valence-electron chi connectivity index (χ2n) is 6.88. The molecule has 4 rings (SSSR count). The van der Waals surface area contributed by atoms with Crippen LogP contribution in [0.25, 0.3) is 11.3 Å². The molecule has 0 spiro atoms. The Morgan fingerprint density at radius 3 is 2.71 bits per heavy atom. The molecule has 2 aromatic heterocycles. The topological polar surface area (TPSA) is 116 Å². The van der Waals surface area contributed by atoms with Gasteiger partial charge in [-0.2, -0.15) is 0 Å². The number of alkyl halides is 3. The lowest BCUT2D eigenvalue weighted by Crippen LogP contribution is -2.23. The summed E-state index contributed by atoms with van der Waals surface area (Å²) in [6.07, 6.45) is 3.12. The smallest absolute Gasteiger partial charge is 0.420 e. The van der Waals surface area contributed by atoms with Crippen molar-refractivity contribution in [3.05, 3.63) is 48.3 Å². The number of ether oxygens (including phenoxy) is 1. The lowest BCUT2D eigenvalue weighted by Gasteiger charge is -2.20. The number of hydrogen-bond donors (Lipinski definition) is 3. The third-order valence-electron chi connectivity index (χ3n) is 4.64. The fourth-order valence-corrected chi connectivity index (χ4v) is 3.33. The summed E-state index contributed by atoms with van der Waals surface area (Å²) in [7, 11) is 0. The Bertz CT molecular complexity index is 1060. The number of β-amino-alcohol motifs (C(OH)–C–C–N with tert-alkyl or cyclic N) is 1. The van der Waals surface area contributed by atoms with Crippen LogP contribution in [0, 0.1) is 0 Å². The summed E-state index contributed by atoms with van der Waals surface area (Å²) in [6, 6.07) is 6.97. The van der Waals surface area contributed by atoms with E-state index in [2.05, 4.69) is 30.4 Å². The normalized spacial score (nSPS) is 16.4. The second kappa shape index (κ2) is 8.44. The quantitative estimate of drug-likeness (QED) is 0.494. The maximum Gasteiger partial charge on any atom is 0.487 e. The van der Waals surface area contributed by atoms with E-state index in [4.69, 9.17) is 11.6 Å². The fraction of sp³-hybridized carbons (Fsp3) is 0.263. The Morgan fingerprint density at radius 1 is 1.32 bits per heavy atom. The number of pyridine rings is 1. The first-order chi connectivity index (χ1) is 14.8. The first kappa shape index (κ1) is 20.9. The Hall–Kier alpha value is -3.31. The van der Waals surface area contributed by atoms with Gasteiger partial charge < -0.3 is 20.1 Å². The number of nitrogens with zero attached hydrogens (tertiary/aromatic N) is 4. The van der Waals surface area contributed by atoms with Gasteiger partial charge in [-0.25, -0.2) is 4.98 Å². The minimum absolute atomic E-state index is 0.147. The van der Waals surface area contributed by atoms with Crippen LogP contribution in [0.3, 0.4) is 0 Å². The Labute approximate surface area is 180 Å². The van der Waals surface area contributed by atoms with Gasteiger partial charge in [0.25, 0.3) is 5.91 Å². The molecule has 1 aliphatic rings. The van der Waals surface area contributed by atoms with Crippen LogP contribution < -0.4 is 15.0 Å². The molecule has 1 saturated heterocycles. The van der Waals surface area contributed by atoms with E-state index >= 15 is 0 Å². The third kappa shape index (κ3) is 5.06. The first-order valence-electron chi connectivity index (χ1n) is 9.25. The van der Waals surface area contributed by atoms with Crippen LogP contribution in [0.15, 0.2) is 42.7 Å². The van der Waals surface area contributed by atoms with Crippen LogP contribution in [-0.4, -0.2) is 56.2 Å². The van der Waals surface area contributed by atoms with Crippen molar-refractivity contribution >= 4 is 29.0 Å². The number of aromatic nitrogens is 4. The molecule has 1 aliphatic heterocycles. The van der Waals surface area contributed by atoms with E-state index in [1.54, 1.807) is 6.07 Å². The van der Waals surface area contributed by atoms with E-state index < -0.39 is 17.6 Å². The largest absolute Gasteiger partial charge is 0.487 e. The van der Waals surface area contributed by atoms with Crippen molar-refractivity contribution in [3.63, 3.8) is 0 Å². The molecule has 3 N–H and O–H groups in total. The lowest BCUT2D eigenvalue weighted by atomic mass is 10.1. The SMILES string of the molecule is O=C(Nc1ccc(OC(F)(F)Cl)cc1)c1cnc(N2CC[C@@H](O)C2)c(-c2cnn[nH]2)c1. The van der Waals surface area contributed by atoms with Crippen LogP contribution in [0.1, 0.15) is 16.8 Å². The van der Waals surface area contributed by atoms with Crippen molar-refractivity contribution in [2.45, 2.75) is 18.1 Å². The Balaban J connectivity index is 1.55. The van der Waals surface area contributed by atoms with Crippen molar-refractivity contribution in [2.75, 3.05) is 23.3 Å². The zero-order valence-corrected chi connectivity index (χ0v) is 16.7. The standard InChI is InChI=1S/C19H17ClF2N6O3/c20-19(21,22)31-14-3-1-12(2-4-14)25-18(30)11-7-15(16-9-24-27-26-16)17(23-8-11)28-6-5-13(29)10-28/h1-4,7-9,13,29H,5-6,10H2,(H,25,30)(H,24,26,27)/t13-/m1/s1. The van der Waals surface area contributed by atoms with Gasteiger partial charge in [-0.3, -0.25) is 9.89 Å². The number of aliphatic hydroxyl groups excluding tert-OH is 1. The average Bonchev–Trinajstić information content (AvgIpc) is 3.40. The number of benzene rings is 1. The number of amides is 1. The highest BCUT2D eigenvalue weighted by molar-refractivity contribution is 6.20. The van der Waals surface area contributed by atoms with Crippen molar-refractivity contribution in [1.29, 1.82) is 0 Å². The fourth-order valence-electron chi connectivity index (χ4n) is 3.24. The van der Waals surface area contributed by atoms with E-state index in [0.717, 1.165) is 0 Å². The predicted octanol–water partition coefficient (Wildman–Crippen LogP) is 2.86. The molecule has 0 bridgehead atoms. The Kier molecular flexibility index (Phi) is 5.70. The highest BCUT2D eigenvalue weighted by Gasteiger charge is 2.28. The molecule has 9 nitrogen and oxygen atoms in total. The lowest BCUT2D eigenvalue weighted by molar-refractivity contribution is -0.0964. The van der Waals surface area contributed by atoms with Crippen molar-refractivity contribution in [3.8, 4) is 17.0 Å². The van der Waals surface area contributed by atoms with E-state index in [9.17, 15) is 18.7 Å². The summed E-state index contributed by atoms with van der Waals surface area (Å²) < 4.78 is 29.6. The molecule has 162 valence electrons. The van der Waals surface area contributed by atoms with Gasteiger partial charge in [0.15, 0.2) is 0 Å². The molecule has 1 fully saturated rings.